The summed E-state index contributed by atoms with van der Waals surface area (Å²) in [6, 6.07) is 9.91. The third kappa shape index (κ3) is 4.85. The molecular weight excluding hydrogens is 390 g/mol. The van der Waals surface area contributed by atoms with Crippen molar-refractivity contribution in [1.82, 2.24) is 14.8 Å². The number of likely N-dealkylation sites (tertiary alicyclic amines) is 2. The number of aryl methyl sites for hydroxylation is 1. The number of amides is 1. The molecule has 31 heavy (non-hydrogen) atoms. The Balaban J connectivity index is 1.46. The number of carbonyl (C=O) groups excluding carboxylic acids is 1. The summed E-state index contributed by atoms with van der Waals surface area (Å²) in [6.45, 7) is 6.52. The van der Waals surface area contributed by atoms with Gasteiger partial charge in [0.15, 0.2) is 0 Å². The van der Waals surface area contributed by atoms with Crippen LogP contribution in [0.5, 0.6) is 11.5 Å². The highest BCUT2D eigenvalue weighted by atomic mass is 16.5. The highest BCUT2D eigenvalue weighted by Gasteiger charge is 2.29. The molecular formula is C25H33N3O3. The van der Waals surface area contributed by atoms with E-state index in [9.17, 15) is 4.79 Å². The van der Waals surface area contributed by atoms with Gasteiger partial charge in [0.25, 0.3) is 5.91 Å². The highest BCUT2D eigenvalue weighted by molar-refractivity contribution is 5.95. The van der Waals surface area contributed by atoms with E-state index >= 15 is 0 Å². The average Bonchev–Trinajstić information content (AvgIpc) is 3.34. The Labute approximate surface area is 185 Å². The van der Waals surface area contributed by atoms with Crippen molar-refractivity contribution in [1.29, 1.82) is 0 Å². The number of nitrogens with zero attached hydrogens (tertiary/aromatic N) is 3. The minimum atomic E-state index is 0.156. The third-order valence-electron chi connectivity index (χ3n) is 6.54. The van der Waals surface area contributed by atoms with Gasteiger partial charge in [0.05, 0.1) is 25.5 Å². The van der Waals surface area contributed by atoms with E-state index in [1.54, 1.807) is 14.2 Å². The lowest BCUT2D eigenvalue weighted by Crippen LogP contribution is -2.34. The molecule has 2 saturated heterocycles. The van der Waals surface area contributed by atoms with E-state index in [1.165, 1.54) is 0 Å². The molecule has 1 amide bonds. The molecule has 0 saturated carbocycles. The quantitative estimate of drug-likeness (QED) is 0.702. The van der Waals surface area contributed by atoms with Crippen LogP contribution in [0.1, 0.15) is 58.9 Å². The number of hydrogen-bond donors (Lipinski definition) is 0. The number of carbonyl (C=O) groups is 1. The van der Waals surface area contributed by atoms with Gasteiger partial charge in [-0.15, -0.1) is 0 Å². The van der Waals surface area contributed by atoms with Gasteiger partial charge in [0.2, 0.25) is 0 Å². The molecule has 2 aliphatic heterocycles. The Hall–Kier alpha value is -2.60. The van der Waals surface area contributed by atoms with Crippen molar-refractivity contribution in [2.75, 3.05) is 40.4 Å². The van der Waals surface area contributed by atoms with Crippen LogP contribution in [-0.4, -0.2) is 61.1 Å². The normalized spacial score (nSPS) is 17.7. The molecule has 0 N–H and O–H groups in total. The smallest absolute Gasteiger partial charge is 0.255 e. The molecule has 0 bridgehead atoms. The standard InChI is InChI=1S/C25H33N3O3/c1-18-6-8-22(25(29)28-12-4-5-13-28)24(26-18)19-10-14-27(15-11-19)17-20-16-21(30-2)7-9-23(20)31-3/h6-9,16,19H,4-5,10-15,17H2,1-3H3. The first-order valence-corrected chi connectivity index (χ1v) is 11.3. The van der Waals surface area contributed by atoms with Crippen LogP contribution in [0.4, 0.5) is 0 Å². The van der Waals surface area contributed by atoms with E-state index in [0.29, 0.717) is 5.92 Å². The summed E-state index contributed by atoms with van der Waals surface area (Å²) < 4.78 is 10.9. The predicted octanol–water partition coefficient (Wildman–Crippen LogP) is 4.02. The minimum Gasteiger partial charge on any atom is -0.497 e. The zero-order valence-electron chi connectivity index (χ0n) is 18.9. The van der Waals surface area contributed by atoms with Gasteiger partial charge in [-0.05, 0) is 76.0 Å². The maximum Gasteiger partial charge on any atom is 0.255 e. The topological polar surface area (TPSA) is 54.9 Å². The number of benzene rings is 1. The maximum absolute atomic E-state index is 13.1. The van der Waals surface area contributed by atoms with Crippen LogP contribution >= 0.6 is 0 Å². The van der Waals surface area contributed by atoms with Gasteiger partial charge in [0.1, 0.15) is 11.5 Å². The van der Waals surface area contributed by atoms with E-state index in [4.69, 9.17) is 14.5 Å². The second-order valence-electron chi connectivity index (χ2n) is 8.61. The van der Waals surface area contributed by atoms with Gasteiger partial charge >= 0.3 is 0 Å². The van der Waals surface area contributed by atoms with Crippen LogP contribution in [-0.2, 0) is 6.54 Å². The molecule has 0 radical (unpaired) electrons. The number of methoxy groups -OCH3 is 2. The molecule has 6 heteroatoms. The lowest BCUT2D eigenvalue weighted by molar-refractivity contribution is 0.0789. The molecule has 3 heterocycles. The van der Waals surface area contributed by atoms with Gasteiger partial charge in [0, 0.05) is 36.8 Å². The second-order valence-corrected chi connectivity index (χ2v) is 8.61. The molecule has 166 valence electrons. The zero-order valence-corrected chi connectivity index (χ0v) is 18.9. The molecule has 0 spiro atoms. The van der Waals surface area contributed by atoms with Gasteiger partial charge in [-0.25, -0.2) is 0 Å². The number of hydrogen-bond acceptors (Lipinski definition) is 5. The molecule has 2 aromatic rings. The summed E-state index contributed by atoms with van der Waals surface area (Å²) in [5.74, 6) is 2.22. The van der Waals surface area contributed by atoms with Crippen LogP contribution in [0.15, 0.2) is 30.3 Å². The first-order valence-electron chi connectivity index (χ1n) is 11.3. The molecule has 0 atom stereocenters. The van der Waals surface area contributed by atoms with Crippen molar-refractivity contribution in [3.63, 3.8) is 0 Å². The fourth-order valence-corrected chi connectivity index (χ4v) is 4.77. The van der Waals surface area contributed by atoms with Crippen molar-refractivity contribution in [3.8, 4) is 11.5 Å². The highest BCUT2D eigenvalue weighted by Crippen LogP contribution is 2.32. The minimum absolute atomic E-state index is 0.156. The van der Waals surface area contributed by atoms with Crippen molar-refractivity contribution >= 4 is 5.91 Å². The average molecular weight is 424 g/mol. The van der Waals surface area contributed by atoms with Gasteiger partial charge in [-0.1, -0.05) is 0 Å². The summed E-state index contributed by atoms with van der Waals surface area (Å²) in [5, 5.41) is 0. The molecule has 1 aromatic carbocycles. The summed E-state index contributed by atoms with van der Waals surface area (Å²) in [7, 11) is 3.40. The molecule has 0 aliphatic carbocycles. The summed E-state index contributed by atoms with van der Waals surface area (Å²) in [5.41, 5.74) is 3.92. The number of pyridine rings is 1. The fourth-order valence-electron chi connectivity index (χ4n) is 4.77. The molecule has 2 aliphatic rings. The fraction of sp³-hybridized carbons (Fsp3) is 0.520. The van der Waals surface area contributed by atoms with Gasteiger partial charge in [-0.3, -0.25) is 14.7 Å². The largest absolute Gasteiger partial charge is 0.497 e. The van der Waals surface area contributed by atoms with Crippen LogP contribution in [0.25, 0.3) is 0 Å². The number of piperidine rings is 1. The molecule has 2 fully saturated rings. The zero-order chi connectivity index (χ0) is 21.8. The van der Waals surface area contributed by atoms with Gasteiger partial charge in [-0.2, -0.15) is 0 Å². The monoisotopic (exact) mass is 423 g/mol. The molecule has 6 nitrogen and oxygen atoms in total. The number of rotatable bonds is 6. The molecule has 4 rings (SSSR count). The number of aromatic nitrogens is 1. The Bertz CT molecular complexity index is 916. The first-order chi connectivity index (χ1) is 15.1. The maximum atomic E-state index is 13.1. The summed E-state index contributed by atoms with van der Waals surface area (Å²) >= 11 is 0. The van der Waals surface area contributed by atoms with Crippen LogP contribution < -0.4 is 9.47 Å². The Kier molecular flexibility index (Phi) is 6.76. The van der Waals surface area contributed by atoms with Crippen molar-refractivity contribution in [2.24, 2.45) is 0 Å². The van der Waals surface area contributed by atoms with Crippen molar-refractivity contribution < 1.29 is 14.3 Å². The van der Waals surface area contributed by atoms with Crippen molar-refractivity contribution in [2.45, 2.75) is 45.1 Å². The van der Waals surface area contributed by atoms with E-state index < -0.39 is 0 Å². The Morgan fingerprint density at radius 1 is 1.03 bits per heavy atom. The lowest BCUT2D eigenvalue weighted by atomic mass is 9.89. The van der Waals surface area contributed by atoms with E-state index in [2.05, 4.69) is 11.0 Å². The third-order valence-corrected chi connectivity index (χ3v) is 6.54. The lowest BCUT2D eigenvalue weighted by Gasteiger charge is -2.33. The number of ether oxygens (including phenoxy) is 2. The molecule has 0 unspecified atom stereocenters. The van der Waals surface area contributed by atoms with Crippen LogP contribution in [0.3, 0.4) is 0 Å². The predicted molar refractivity (Wildman–Crippen MR) is 121 cm³/mol. The SMILES string of the molecule is COc1ccc(OC)c(CN2CCC(c3nc(C)ccc3C(=O)N3CCCC3)CC2)c1. The molecule has 1 aromatic heterocycles. The van der Waals surface area contributed by atoms with Gasteiger partial charge < -0.3 is 14.4 Å². The second kappa shape index (κ2) is 9.69. The summed E-state index contributed by atoms with van der Waals surface area (Å²) in [6.07, 6.45) is 4.21. The van der Waals surface area contributed by atoms with E-state index in [-0.39, 0.29) is 5.91 Å². The van der Waals surface area contributed by atoms with E-state index in [0.717, 1.165) is 92.4 Å². The summed E-state index contributed by atoms with van der Waals surface area (Å²) in [4.78, 5) is 22.4. The van der Waals surface area contributed by atoms with Crippen molar-refractivity contribution in [3.05, 3.63) is 52.8 Å². The first kappa shape index (κ1) is 21.6. The van der Waals surface area contributed by atoms with E-state index in [1.807, 2.05) is 36.1 Å². The Morgan fingerprint density at radius 2 is 1.77 bits per heavy atom. The van der Waals surface area contributed by atoms with Crippen LogP contribution in [0, 0.1) is 6.92 Å². The van der Waals surface area contributed by atoms with Crippen LogP contribution in [0.2, 0.25) is 0 Å². The Morgan fingerprint density at radius 3 is 2.45 bits per heavy atom.